The largest absolute Gasteiger partial charge is 0.493 e. The zero-order chi connectivity index (χ0) is 32.9. The van der Waals surface area contributed by atoms with Crippen molar-refractivity contribution in [3.8, 4) is 11.5 Å². The SMILES string of the molecule is COc1ccc(C2c3sc(=O)n(CC(=O)Nc4ccc(C)cc4)c3SC3C(=O)N(c4cccc(C(F)(F)F)c4)C(=O)C32)cc1OC. The molecule has 3 aromatic carbocycles. The number of amides is 3. The highest BCUT2D eigenvalue weighted by Crippen LogP contribution is 2.54. The van der Waals surface area contributed by atoms with Crippen molar-refractivity contribution in [2.24, 2.45) is 5.92 Å². The number of ether oxygens (including phenoxy) is 2. The number of carbonyl (C=O) groups excluding carboxylic acids is 3. The summed E-state index contributed by atoms with van der Waals surface area (Å²) in [4.78, 5) is 55.3. The second-order valence-corrected chi connectivity index (χ2v) is 12.9. The van der Waals surface area contributed by atoms with Crippen molar-refractivity contribution in [2.75, 3.05) is 24.4 Å². The molecule has 6 rings (SSSR count). The van der Waals surface area contributed by atoms with E-state index in [-0.39, 0.29) is 12.2 Å². The molecule has 46 heavy (non-hydrogen) atoms. The average molecular weight is 670 g/mol. The molecule has 3 atom stereocenters. The maximum absolute atomic E-state index is 14.1. The van der Waals surface area contributed by atoms with E-state index in [1.54, 1.807) is 30.3 Å². The molecule has 0 saturated carbocycles. The Morgan fingerprint density at radius 2 is 1.65 bits per heavy atom. The molecule has 1 fully saturated rings. The number of anilines is 2. The lowest BCUT2D eigenvalue weighted by atomic mass is 9.83. The lowest BCUT2D eigenvalue weighted by Gasteiger charge is -2.31. The van der Waals surface area contributed by atoms with Gasteiger partial charge in [-0.05, 0) is 55.0 Å². The average Bonchev–Trinajstić information content (AvgIpc) is 3.47. The molecule has 3 amide bonds. The molecule has 0 radical (unpaired) electrons. The number of nitrogens with one attached hydrogen (secondary N) is 1. The van der Waals surface area contributed by atoms with E-state index in [9.17, 15) is 32.3 Å². The van der Waals surface area contributed by atoms with Crippen molar-refractivity contribution in [1.82, 2.24) is 4.57 Å². The lowest BCUT2D eigenvalue weighted by Crippen LogP contribution is -2.33. The first kappa shape index (κ1) is 31.4. The molecular formula is C32H26F3N3O6S2. The molecule has 1 N–H and O–H groups in total. The second-order valence-electron chi connectivity index (χ2n) is 10.8. The standard InChI is InChI=1S/C32H26F3N3O6S2/c1-16-7-10-19(11-8-16)36-23(39)15-37-30-27(46-31(37)42)24(17-9-12-21(43-2)22(13-17)44-3)25-26(45-30)29(41)38(28(25)40)20-6-4-5-18(14-20)32(33,34)35/h4-14,24-26H,15H2,1-3H3,(H,36,39). The number of aromatic nitrogens is 1. The molecule has 0 spiro atoms. The van der Waals surface area contributed by atoms with Crippen LogP contribution in [0.25, 0.3) is 0 Å². The molecule has 14 heteroatoms. The van der Waals surface area contributed by atoms with Crippen LogP contribution in [0, 0.1) is 12.8 Å². The number of imide groups is 1. The first-order chi connectivity index (χ1) is 21.9. The Hall–Kier alpha value is -4.56. The molecule has 0 aliphatic carbocycles. The third-order valence-electron chi connectivity index (χ3n) is 7.88. The van der Waals surface area contributed by atoms with Crippen LogP contribution in [0.15, 0.2) is 76.6 Å². The van der Waals surface area contributed by atoms with E-state index in [4.69, 9.17) is 9.47 Å². The van der Waals surface area contributed by atoms with Gasteiger partial charge in [0.05, 0.1) is 36.4 Å². The van der Waals surface area contributed by atoms with Crippen LogP contribution in [0.4, 0.5) is 24.5 Å². The van der Waals surface area contributed by atoms with Gasteiger partial charge in [0.25, 0.3) is 0 Å². The fourth-order valence-corrected chi connectivity index (χ4v) is 8.49. The van der Waals surface area contributed by atoms with E-state index in [1.807, 2.05) is 19.1 Å². The molecule has 9 nitrogen and oxygen atoms in total. The van der Waals surface area contributed by atoms with Crippen molar-refractivity contribution < 1.29 is 37.0 Å². The van der Waals surface area contributed by atoms with Gasteiger partial charge in [0.2, 0.25) is 17.7 Å². The first-order valence-corrected chi connectivity index (χ1v) is 15.6. The molecule has 3 unspecified atom stereocenters. The quantitative estimate of drug-likeness (QED) is 0.252. The number of carbonyl (C=O) groups is 3. The summed E-state index contributed by atoms with van der Waals surface area (Å²) in [5, 5.41) is 2.01. The zero-order valence-electron chi connectivity index (χ0n) is 24.6. The van der Waals surface area contributed by atoms with Gasteiger partial charge in [-0.25, -0.2) is 4.90 Å². The third-order valence-corrected chi connectivity index (χ3v) is 10.5. The number of halogens is 3. The predicted octanol–water partition coefficient (Wildman–Crippen LogP) is 5.69. The van der Waals surface area contributed by atoms with Gasteiger partial charge in [0.15, 0.2) is 11.5 Å². The fourth-order valence-electron chi connectivity index (χ4n) is 5.72. The summed E-state index contributed by atoms with van der Waals surface area (Å²) in [6.45, 7) is 1.55. The summed E-state index contributed by atoms with van der Waals surface area (Å²) < 4.78 is 52.8. The maximum atomic E-state index is 14.1. The smallest absolute Gasteiger partial charge is 0.416 e. The van der Waals surface area contributed by atoms with Gasteiger partial charge in [-0.15, -0.1) is 0 Å². The summed E-state index contributed by atoms with van der Waals surface area (Å²) in [7, 11) is 2.90. The Bertz CT molecular complexity index is 1920. The predicted molar refractivity (Wildman–Crippen MR) is 167 cm³/mol. The molecule has 2 aliphatic heterocycles. The van der Waals surface area contributed by atoms with Gasteiger partial charge in [0.1, 0.15) is 11.8 Å². The van der Waals surface area contributed by atoms with Crippen molar-refractivity contribution in [3.05, 3.63) is 98.0 Å². The topological polar surface area (TPSA) is 107 Å². The van der Waals surface area contributed by atoms with E-state index in [2.05, 4.69) is 5.32 Å². The Balaban J connectivity index is 1.44. The number of hydrogen-bond acceptors (Lipinski definition) is 8. The lowest BCUT2D eigenvalue weighted by molar-refractivity contribution is -0.137. The van der Waals surface area contributed by atoms with E-state index in [0.717, 1.165) is 51.8 Å². The van der Waals surface area contributed by atoms with Crippen molar-refractivity contribution in [3.63, 3.8) is 0 Å². The first-order valence-electron chi connectivity index (χ1n) is 13.9. The van der Waals surface area contributed by atoms with Gasteiger partial charge in [-0.2, -0.15) is 13.2 Å². The van der Waals surface area contributed by atoms with Crippen LogP contribution in [0.2, 0.25) is 0 Å². The maximum Gasteiger partial charge on any atom is 0.416 e. The Kier molecular flexibility index (Phi) is 8.19. The number of hydrogen-bond donors (Lipinski definition) is 1. The summed E-state index contributed by atoms with van der Waals surface area (Å²) in [5.41, 5.74) is 0.861. The Morgan fingerprint density at radius 1 is 0.935 bits per heavy atom. The summed E-state index contributed by atoms with van der Waals surface area (Å²) in [6.07, 6.45) is -4.69. The molecule has 2 aliphatic rings. The molecule has 3 heterocycles. The highest BCUT2D eigenvalue weighted by Gasteiger charge is 2.57. The number of benzene rings is 3. The van der Waals surface area contributed by atoms with Crippen LogP contribution in [0.3, 0.4) is 0 Å². The van der Waals surface area contributed by atoms with Crippen LogP contribution in [0.1, 0.15) is 27.5 Å². The highest BCUT2D eigenvalue weighted by atomic mass is 32.2. The number of aryl methyl sites for hydroxylation is 1. The van der Waals surface area contributed by atoms with Crippen LogP contribution in [-0.2, 0) is 27.1 Å². The van der Waals surface area contributed by atoms with Crippen LogP contribution >= 0.6 is 23.1 Å². The van der Waals surface area contributed by atoms with Gasteiger partial charge >= 0.3 is 11.0 Å². The number of methoxy groups -OCH3 is 2. The number of alkyl halides is 3. The number of rotatable bonds is 7. The molecule has 1 aromatic heterocycles. The van der Waals surface area contributed by atoms with Crippen LogP contribution in [-0.4, -0.2) is 41.8 Å². The molecular weight excluding hydrogens is 643 g/mol. The summed E-state index contributed by atoms with van der Waals surface area (Å²) in [5.74, 6) is -3.06. The third kappa shape index (κ3) is 5.55. The normalized spacial score (nSPS) is 19.1. The minimum absolute atomic E-state index is 0.205. The van der Waals surface area contributed by atoms with Gasteiger partial charge < -0.3 is 14.8 Å². The molecule has 0 bridgehead atoms. The van der Waals surface area contributed by atoms with E-state index >= 15 is 0 Å². The van der Waals surface area contributed by atoms with Crippen LogP contribution in [0.5, 0.6) is 11.5 Å². The molecule has 4 aromatic rings. The summed E-state index contributed by atoms with van der Waals surface area (Å²) in [6, 6.07) is 16.1. The minimum Gasteiger partial charge on any atom is -0.493 e. The van der Waals surface area contributed by atoms with Crippen LogP contribution < -0.4 is 24.6 Å². The minimum atomic E-state index is -4.69. The highest BCUT2D eigenvalue weighted by molar-refractivity contribution is 8.00. The summed E-state index contributed by atoms with van der Waals surface area (Å²) >= 11 is 1.82. The van der Waals surface area contributed by atoms with Gasteiger partial charge in [-0.1, -0.05) is 52.9 Å². The number of thioether (sulfide) groups is 1. The fraction of sp³-hybridized carbons (Fsp3) is 0.250. The van der Waals surface area contributed by atoms with E-state index in [1.165, 1.54) is 24.9 Å². The van der Waals surface area contributed by atoms with E-state index < -0.39 is 51.4 Å². The number of fused-ring (bicyclic) bond motifs is 2. The van der Waals surface area contributed by atoms with Crippen molar-refractivity contribution in [1.29, 1.82) is 0 Å². The zero-order valence-corrected chi connectivity index (χ0v) is 26.2. The van der Waals surface area contributed by atoms with Crippen molar-refractivity contribution >= 4 is 52.2 Å². The Morgan fingerprint density at radius 3 is 2.33 bits per heavy atom. The van der Waals surface area contributed by atoms with Crippen molar-refractivity contribution in [2.45, 2.75) is 35.8 Å². The molecule has 238 valence electrons. The monoisotopic (exact) mass is 669 g/mol. The Labute approximate surface area is 268 Å². The number of thiazole rings is 1. The number of nitrogens with zero attached hydrogens (tertiary/aromatic N) is 2. The molecule has 1 saturated heterocycles. The van der Waals surface area contributed by atoms with E-state index in [0.29, 0.717) is 32.7 Å². The second kappa shape index (κ2) is 12.0. The van der Waals surface area contributed by atoms with Gasteiger partial charge in [0, 0.05) is 16.5 Å². The van der Waals surface area contributed by atoms with Gasteiger partial charge in [-0.3, -0.25) is 23.7 Å².